The first kappa shape index (κ1) is 29.5. The van der Waals surface area contributed by atoms with Crippen molar-refractivity contribution in [2.24, 2.45) is 0 Å². The third kappa shape index (κ3) is 5.68. The molecule has 0 spiro atoms. The molecule has 4 rings (SSSR count). The van der Waals surface area contributed by atoms with Gasteiger partial charge in [-0.3, -0.25) is 9.09 Å². The normalized spacial score (nSPS) is 22.4. The van der Waals surface area contributed by atoms with Gasteiger partial charge in [-0.15, -0.1) is 0 Å². The van der Waals surface area contributed by atoms with Crippen LogP contribution < -0.4 is 20.5 Å². The van der Waals surface area contributed by atoms with Gasteiger partial charge in [0.05, 0.1) is 12.8 Å². The van der Waals surface area contributed by atoms with Crippen molar-refractivity contribution in [2.45, 2.75) is 44.1 Å². The maximum absolute atomic E-state index is 15.1. The largest absolute Gasteiger partial charge is 0.587 e. The predicted molar refractivity (Wildman–Crippen MR) is 130 cm³/mol. The van der Waals surface area contributed by atoms with E-state index in [0.717, 1.165) is 11.1 Å². The number of aryl methyl sites for hydroxylation is 2. The van der Waals surface area contributed by atoms with Gasteiger partial charge in [0, 0.05) is 0 Å². The van der Waals surface area contributed by atoms with Gasteiger partial charge in [-0.05, 0) is 38.1 Å². The zero-order chi connectivity index (χ0) is 29.5. The Bertz CT molecular complexity index is 1420. The van der Waals surface area contributed by atoms with Crippen LogP contribution in [-0.2, 0) is 13.8 Å². The van der Waals surface area contributed by atoms with Crippen LogP contribution in [-0.4, -0.2) is 45.3 Å². The number of nitrogens with zero attached hydrogens (tertiary/aromatic N) is 2. The van der Waals surface area contributed by atoms with Gasteiger partial charge in [0.1, 0.15) is 11.5 Å². The molecule has 3 N–H and O–H groups in total. The molecule has 16 heteroatoms. The molecule has 2 heterocycles. The molecule has 1 saturated heterocycles. The van der Waals surface area contributed by atoms with Gasteiger partial charge < -0.3 is 24.6 Å². The predicted octanol–water partition coefficient (Wildman–Crippen LogP) is 4.39. The monoisotopic (exact) mass is 591 g/mol. The topological polar surface area (TPSA) is 135 Å². The summed E-state index contributed by atoms with van der Waals surface area (Å²) in [6.07, 6.45) is -10.0. The number of phosphoric acid groups is 1. The van der Waals surface area contributed by atoms with Crippen molar-refractivity contribution in [2.75, 3.05) is 12.3 Å². The molecule has 1 aliphatic heterocycles. The van der Waals surface area contributed by atoms with Gasteiger partial charge >= 0.3 is 19.4 Å². The molecule has 0 saturated carbocycles. The number of nitrogen functional groups attached to an aromatic ring is 1. The van der Waals surface area contributed by atoms with Crippen molar-refractivity contribution in [3.05, 3.63) is 82.2 Å². The van der Waals surface area contributed by atoms with Crippen molar-refractivity contribution in [1.29, 1.82) is 0 Å². The number of halogens is 5. The summed E-state index contributed by atoms with van der Waals surface area (Å²) in [5, 5.41) is 10.4. The molecule has 3 atom stereocenters. The number of phosphoric ester groups is 1. The number of ether oxygens (including phenoxy) is 1. The Morgan fingerprint density at radius 1 is 1.07 bits per heavy atom. The highest BCUT2D eigenvalue weighted by molar-refractivity contribution is 7.49. The van der Waals surface area contributed by atoms with E-state index in [9.17, 15) is 27.6 Å². The maximum Gasteiger partial charge on any atom is 0.587 e. The zero-order valence-corrected chi connectivity index (χ0v) is 21.7. The molecule has 40 heavy (non-hydrogen) atoms. The lowest BCUT2D eigenvalue weighted by Gasteiger charge is -2.31. The molecule has 0 radical (unpaired) electrons. The summed E-state index contributed by atoms with van der Waals surface area (Å²) in [7, 11) is -4.94. The smallest absolute Gasteiger partial charge is 0.395 e. The lowest BCUT2D eigenvalue weighted by atomic mass is 9.96. The molecule has 0 unspecified atom stereocenters. The van der Waals surface area contributed by atoms with Crippen molar-refractivity contribution in [1.82, 2.24) is 9.55 Å². The minimum Gasteiger partial charge on any atom is -0.395 e. The van der Waals surface area contributed by atoms with Gasteiger partial charge in [-0.1, -0.05) is 35.4 Å². The average Bonchev–Trinajstić information content (AvgIpc) is 3.09. The van der Waals surface area contributed by atoms with Crippen molar-refractivity contribution in [3.63, 3.8) is 0 Å². The van der Waals surface area contributed by atoms with E-state index in [0.29, 0.717) is 0 Å². The minimum atomic E-state index is -4.94. The van der Waals surface area contributed by atoms with Crippen LogP contribution in [0.2, 0.25) is 0 Å². The highest BCUT2D eigenvalue weighted by Gasteiger charge is 2.71. The minimum absolute atomic E-state index is 0.0850. The van der Waals surface area contributed by atoms with E-state index in [4.69, 9.17) is 24.0 Å². The summed E-state index contributed by atoms with van der Waals surface area (Å²) in [4.78, 5) is 15.1. The SMILES string of the molecule is Cc1ccc(OP(=O)(OC[C@@]2(C(F)F)O[C@@H](n3cc(F)c(N)nc3=O)C(F)(F)[C@@H]2O)Oc2ccc(C)cc2)cc1. The van der Waals surface area contributed by atoms with Gasteiger partial charge in [0.25, 0.3) is 6.43 Å². The van der Waals surface area contributed by atoms with E-state index in [2.05, 4.69) is 4.98 Å². The van der Waals surface area contributed by atoms with Crippen LogP contribution in [0.1, 0.15) is 17.4 Å². The number of rotatable bonds is 9. The Morgan fingerprint density at radius 3 is 2.05 bits per heavy atom. The second-order valence-electron chi connectivity index (χ2n) is 9.00. The number of aliphatic hydroxyl groups excluding tert-OH is 1. The lowest BCUT2D eigenvalue weighted by molar-refractivity contribution is -0.193. The number of alkyl halides is 4. The summed E-state index contributed by atoms with van der Waals surface area (Å²) < 4.78 is 107. The molecule has 0 amide bonds. The molecule has 10 nitrogen and oxygen atoms in total. The number of aliphatic hydroxyl groups is 1. The quantitative estimate of drug-likeness (QED) is 0.274. The number of hydrogen-bond acceptors (Lipinski definition) is 9. The first-order valence-electron chi connectivity index (χ1n) is 11.5. The van der Waals surface area contributed by atoms with E-state index >= 15 is 8.78 Å². The average molecular weight is 591 g/mol. The first-order chi connectivity index (χ1) is 18.7. The molecule has 3 aromatic rings. The third-order valence-electron chi connectivity index (χ3n) is 5.97. The van der Waals surface area contributed by atoms with Crippen LogP contribution in [0, 0.1) is 19.7 Å². The second kappa shape index (κ2) is 10.8. The molecule has 1 aliphatic rings. The molecule has 216 valence electrons. The highest BCUT2D eigenvalue weighted by atomic mass is 31.2. The molecule has 0 bridgehead atoms. The van der Waals surface area contributed by atoms with Crippen LogP contribution in [0.5, 0.6) is 11.5 Å². The van der Waals surface area contributed by atoms with Gasteiger partial charge in [0.15, 0.2) is 23.3 Å². The summed E-state index contributed by atoms with van der Waals surface area (Å²) in [5.74, 6) is -7.15. The van der Waals surface area contributed by atoms with Crippen LogP contribution in [0.3, 0.4) is 0 Å². The number of anilines is 1. The van der Waals surface area contributed by atoms with Gasteiger partial charge in [-0.2, -0.15) is 13.8 Å². The van der Waals surface area contributed by atoms with Crippen LogP contribution in [0.4, 0.5) is 27.8 Å². The van der Waals surface area contributed by atoms with Crippen molar-refractivity contribution in [3.8, 4) is 11.5 Å². The maximum atomic E-state index is 15.1. The Morgan fingerprint density at radius 2 is 1.57 bits per heavy atom. The molecule has 2 aromatic carbocycles. The fraction of sp³-hybridized carbons (Fsp3) is 0.333. The van der Waals surface area contributed by atoms with Crippen molar-refractivity contribution < 1.29 is 49.9 Å². The van der Waals surface area contributed by atoms with E-state index in [-0.39, 0.29) is 22.3 Å². The first-order valence-corrected chi connectivity index (χ1v) is 13.0. The Balaban J connectivity index is 1.69. The number of hydrogen-bond donors (Lipinski definition) is 2. The Kier molecular flexibility index (Phi) is 7.96. The van der Waals surface area contributed by atoms with E-state index in [1.54, 1.807) is 38.1 Å². The fourth-order valence-corrected chi connectivity index (χ4v) is 5.00. The fourth-order valence-electron chi connectivity index (χ4n) is 3.73. The highest BCUT2D eigenvalue weighted by Crippen LogP contribution is 2.55. The third-order valence-corrected chi connectivity index (χ3v) is 7.28. The Hall–Kier alpha value is -3.52. The zero-order valence-electron chi connectivity index (χ0n) is 20.8. The van der Waals surface area contributed by atoms with E-state index in [1.807, 2.05) is 0 Å². The van der Waals surface area contributed by atoms with Crippen LogP contribution in [0.15, 0.2) is 59.5 Å². The molecular weight excluding hydrogens is 568 g/mol. The summed E-state index contributed by atoms with van der Waals surface area (Å²) >= 11 is 0. The summed E-state index contributed by atoms with van der Waals surface area (Å²) in [6, 6.07) is 11.7. The molecule has 1 fully saturated rings. The van der Waals surface area contributed by atoms with Gasteiger partial charge in [-0.25, -0.2) is 22.5 Å². The summed E-state index contributed by atoms with van der Waals surface area (Å²) in [6.45, 7) is 1.82. The van der Waals surface area contributed by atoms with Crippen LogP contribution >= 0.6 is 7.82 Å². The van der Waals surface area contributed by atoms with Crippen molar-refractivity contribution >= 4 is 13.6 Å². The lowest BCUT2D eigenvalue weighted by Crippen LogP contribution is -2.54. The molecular formula is C24H23F5N3O7P. The molecule has 0 aliphatic carbocycles. The van der Waals surface area contributed by atoms with Crippen LogP contribution in [0.25, 0.3) is 0 Å². The van der Waals surface area contributed by atoms with E-state index < -0.39 is 62.0 Å². The number of benzene rings is 2. The number of aromatic nitrogens is 2. The standard InChI is InChI=1S/C24H23F5N3O7P/c1-13-3-7-15(8-4-13)38-40(35,39-16-9-5-14(2)6-10-16)36-12-23(20(26)27)19(33)24(28,29)21(37-23)32-11-17(25)18(30)31-22(32)34/h3-11,19-21,33H,12H2,1-2H3,(H2,30,31,34)/t19-,21-,23-/m1/s1. The number of nitrogens with two attached hydrogens (primary N) is 1. The van der Waals surface area contributed by atoms with E-state index in [1.165, 1.54) is 24.3 Å². The molecule has 1 aromatic heterocycles. The second-order valence-corrected chi connectivity index (χ2v) is 10.5. The van der Waals surface area contributed by atoms with Gasteiger partial charge in [0.2, 0.25) is 6.23 Å². The summed E-state index contributed by atoms with van der Waals surface area (Å²) in [5.41, 5.74) is 1.57. The Labute approximate surface area is 223 Å².